The third-order valence-corrected chi connectivity index (χ3v) is 4.20. The number of nitrogens with one attached hydrogen (secondary N) is 2. The van der Waals surface area contributed by atoms with Crippen LogP contribution >= 0.6 is 0 Å². The average molecular weight is 356 g/mol. The molecule has 0 aromatic heterocycles. The van der Waals surface area contributed by atoms with Crippen LogP contribution in [0.5, 0.6) is 11.5 Å². The first-order valence-corrected chi connectivity index (χ1v) is 8.61. The zero-order valence-corrected chi connectivity index (χ0v) is 16.4. The summed E-state index contributed by atoms with van der Waals surface area (Å²) in [7, 11) is 3.19. The van der Waals surface area contributed by atoms with Gasteiger partial charge in [-0.15, -0.1) is 0 Å². The van der Waals surface area contributed by atoms with E-state index >= 15 is 0 Å². The third kappa shape index (κ3) is 4.91. The van der Waals surface area contributed by atoms with Gasteiger partial charge in [0.2, 0.25) is 5.91 Å². The van der Waals surface area contributed by atoms with Crippen molar-refractivity contribution in [1.82, 2.24) is 0 Å². The van der Waals surface area contributed by atoms with Crippen LogP contribution in [0.2, 0.25) is 0 Å². The smallest absolute Gasteiger partial charge is 0.243 e. The fraction of sp³-hybridized carbons (Fsp3) is 0.381. The van der Waals surface area contributed by atoms with E-state index in [1.807, 2.05) is 43.3 Å². The number of carbonyl (C=O) groups excluding carboxylic acids is 1. The Morgan fingerprint density at radius 3 is 2.12 bits per heavy atom. The molecule has 0 fully saturated rings. The van der Waals surface area contributed by atoms with Gasteiger partial charge in [-0.1, -0.05) is 32.9 Å². The summed E-state index contributed by atoms with van der Waals surface area (Å²) < 4.78 is 10.6. The number of rotatable bonds is 6. The van der Waals surface area contributed by atoms with E-state index in [1.165, 1.54) is 5.56 Å². The molecule has 5 nitrogen and oxygen atoms in total. The molecule has 2 aromatic carbocycles. The summed E-state index contributed by atoms with van der Waals surface area (Å²) in [4.78, 5) is 12.2. The van der Waals surface area contributed by atoms with Crippen LogP contribution in [0.15, 0.2) is 36.4 Å². The third-order valence-electron chi connectivity index (χ3n) is 4.20. The highest BCUT2D eigenvalue weighted by Crippen LogP contribution is 2.32. The quantitative estimate of drug-likeness (QED) is 0.807. The Kier molecular flexibility index (Phi) is 6.14. The van der Waals surface area contributed by atoms with Gasteiger partial charge in [-0.05, 0) is 41.7 Å². The maximum Gasteiger partial charge on any atom is 0.243 e. The first kappa shape index (κ1) is 19.6. The molecule has 0 atom stereocenters. The van der Waals surface area contributed by atoms with Crippen LogP contribution in [-0.4, -0.2) is 26.7 Å². The van der Waals surface area contributed by atoms with E-state index in [0.717, 1.165) is 16.9 Å². The second-order valence-electron chi connectivity index (χ2n) is 7.25. The summed E-state index contributed by atoms with van der Waals surface area (Å²) in [6.45, 7) is 8.60. The Hall–Kier alpha value is -2.69. The molecule has 0 heterocycles. The number of hydrogen-bond donors (Lipinski definition) is 2. The minimum Gasteiger partial charge on any atom is -0.493 e. The zero-order chi connectivity index (χ0) is 19.3. The zero-order valence-electron chi connectivity index (χ0n) is 16.4. The van der Waals surface area contributed by atoms with Crippen LogP contribution in [0.4, 0.5) is 11.4 Å². The van der Waals surface area contributed by atoms with Crippen molar-refractivity contribution >= 4 is 17.3 Å². The number of methoxy groups -OCH3 is 2. The Morgan fingerprint density at radius 1 is 1.00 bits per heavy atom. The monoisotopic (exact) mass is 356 g/mol. The number of amides is 1. The van der Waals surface area contributed by atoms with Gasteiger partial charge in [-0.3, -0.25) is 4.79 Å². The van der Waals surface area contributed by atoms with E-state index in [1.54, 1.807) is 14.2 Å². The molecule has 26 heavy (non-hydrogen) atoms. The molecule has 1 amide bonds. The molecule has 0 saturated heterocycles. The largest absolute Gasteiger partial charge is 0.493 e. The van der Waals surface area contributed by atoms with E-state index in [-0.39, 0.29) is 17.9 Å². The molecule has 0 aliphatic rings. The summed E-state index contributed by atoms with van der Waals surface area (Å²) in [5.74, 6) is 1.18. The molecule has 140 valence electrons. The highest BCUT2D eigenvalue weighted by atomic mass is 16.5. The predicted molar refractivity (Wildman–Crippen MR) is 107 cm³/mol. The minimum atomic E-state index is -0.109. The summed E-state index contributed by atoms with van der Waals surface area (Å²) in [6, 6.07) is 11.7. The van der Waals surface area contributed by atoms with E-state index in [0.29, 0.717) is 11.5 Å². The highest BCUT2D eigenvalue weighted by molar-refractivity contribution is 5.93. The summed E-state index contributed by atoms with van der Waals surface area (Å²) in [5.41, 5.74) is 3.92. The number of carbonyl (C=O) groups is 1. The molecule has 2 aromatic rings. The summed E-state index contributed by atoms with van der Waals surface area (Å²) in [6.07, 6.45) is 0. The number of hydrogen-bond acceptors (Lipinski definition) is 4. The Bertz CT molecular complexity index is 762. The van der Waals surface area contributed by atoms with Gasteiger partial charge in [-0.2, -0.15) is 0 Å². The van der Waals surface area contributed by atoms with Crippen LogP contribution in [0.1, 0.15) is 31.9 Å². The molecule has 0 unspecified atom stereocenters. The first-order chi connectivity index (χ1) is 12.2. The number of aryl methyl sites for hydroxylation is 1. The fourth-order valence-electron chi connectivity index (χ4n) is 2.61. The van der Waals surface area contributed by atoms with Crippen LogP contribution in [0.3, 0.4) is 0 Å². The lowest BCUT2D eigenvalue weighted by atomic mass is 9.87. The molecule has 5 heteroatoms. The van der Waals surface area contributed by atoms with Crippen molar-refractivity contribution in [2.45, 2.75) is 33.1 Å². The average Bonchev–Trinajstić information content (AvgIpc) is 2.60. The van der Waals surface area contributed by atoms with E-state index in [2.05, 4.69) is 31.4 Å². The Labute approximate surface area is 155 Å². The van der Waals surface area contributed by atoms with Gasteiger partial charge in [-0.25, -0.2) is 0 Å². The molecular formula is C21H28N2O3. The molecule has 0 radical (unpaired) electrons. The van der Waals surface area contributed by atoms with Gasteiger partial charge < -0.3 is 20.1 Å². The number of ether oxygens (including phenoxy) is 2. The molecule has 2 rings (SSSR count). The molecule has 2 N–H and O–H groups in total. The van der Waals surface area contributed by atoms with Crippen molar-refractivity contribution < 1.29 is 14.3 Å². The van der Waals surface area contributed by atoms with Crippen molar-refractivity contribution in [3.63, 3.8) is 0 Å². The Balaban J connectivity index is 1.99. The van der Waals surface area contributed by atoms with Crippen molar-refractivity contribution in [1.29, 1.82) is 0 Å². The Morgan fingerprint density at radius 2 is 1.58 bits per heavy atom. The number of benzene rings is 2. The lowest BCUT2D eigenvalue weighted by Crippen LogP contribution is -2.22. The normalized spacial score (nSPS) is 11.0. The predicted octanol–water partition coefficient (Wildman–Crippen LogP) is 4.36. The summed E-state index contributed by atoms with van der Waals surface area (Å²) >= 11 is 0. The van der Waals surface area contributed by atoms with Crippen LogP contribution in [0, 0.1) is 6.92 Å². The maximum absolute atomic E-state index is 12.2. The standard InChI is InChI=1S/C21H28N2O3/c1-14-11-18(25-5)19(26-6)12-17(14)22-13-20(24)23-16-9-7-15(8-10-16)21(2,3)4/h7-12,22H,13H2,1-6H3,(H,23,24). The molecular weight excluding hydrogens is 328 g/mol. The number of anilines is 2. The topological polar surface area (TPSA) is 59.6 Å². The van der Waals surface area contributed by atoms with Crippen molar-refractivity contribution in [3.05, 3.63) is 47.5 Å². The van der Waals surface area contributed by atoms with Crippen molar-refractivity contribution in [2.24, 2.45) is 0 Å². The fourth-order valence-corrected chi connectivity index (χ4v) is 2.61. The van der Waals surface area contributed by atoms with Crippen LogP contribution in [-0.2, 0) is 10.2 Å². The van der Waals surface area contributed by atoms with E-state index in [9.17, 15) is 4.79 Å². The minimum absolute atomic E-state index is 0.0923. The lowest BCUT2D eigenvalue weighted by Gasteiger charge is -2.19. The molecule has 0 bridgehead atoms. The first-order valence-electron chi connectivity index (χ1n) is 8.61. The second kappa shape index (κ2) is 8.13. The van der Waals surface area contributed by atoms with Gasteiger partial charge in [0.25, 0.3) is 0 Å². The van der Waals surface area contributed by atoms with Gasteiger partial charge in [0.05, 0.1) is 20.8 Å². The van der Waals surface area contributed by atoms with E-state index in [4.69, 9.17) is 9.47 Å². The van der Waals surface area contributed by atoms with Gasteiger partial charge in [0, 0.05) is 17.4 Å². The van der Waals surface area contributed by atoms with Crippen LogP contribution in [0.25, 0.3) is 0 Å². The molecule has 0 aliphatic heterocycles. The maximum atomic E-state index is 12.2. The molecule has 0 spiro atoms. The lowest BCUT2D eigenvalue weighted by molar-refractivity contribution is -0.114. The summed E-state index contributed by atoms with van der Waals surface area (Å²) in [5, 5.41) is 6.05. The van der Waals surface area contributed by atoms with Gasteiger partial charge >= 0.3 is 0 Å². The van der Waals surface area contributed by atoms with E-state index < -0.39 is 0 Å². The molecule has 0 saturated carbocycles. The van der Waals surface area contributed by atoms with Crippen LogP contribution < -0.4 is 20.1 Å². The van der Waals surface area contributed by atoms with Gasteiger partial charge in [0.1, 0.15) is 0 Å². The van der Waals surface area contributed by atoms with Gasteiger partial charge in [0.15, 0.2) is 11.5 Å². The van der Waals surface area contributed by atoms with Crippen molar-refractivity contribution in [2.75, 3.05) is 31.4 Å². The van der Waals surface area contributed by atoms with Crippen molar-refractivity contribution in [3.8, 4) is 11.5 Å². The molecule has 0 aliphatic carbocycles. The highest BCUT2D eigenvalue weighted by Gasteiger charge is 2.13. The second-order valence-corrected chi connectivity index (χ2v) is 7.25. The SMILES string of the molecule is COc1cc(C)c(NCC(=O)Nc2ccc(C(C)(C)C)cc2)cc1OC.